The third-order valence-electron chi connectivity index (χ3n) is 4.03. The molecular formula is C19H16N6O2S. The number of nitrogens with one attached hydrogen (secondary N) is 2. The predicted molar refractivity (Wildman–Crippen MR) is 105 cm³/mol. The monoisotopic (exact) mass is 392 g/mol. The van der Waals surface area contributed by atoms with Gasteiger partial charge in [0, 0.05) is 16.5 Å². The molecule has 0 saturated carbocycles. The van der Waals surface area contributed by atoms with Crippen molar-refractivity contribution in [2.75, 3.05) is 6.54 Å². The smallest absolute Gasteiger partial charge is 0.251 e. The molecule has 8 nitrogen and oxygen atoms in total. The largest absolute Gasteiger partial charge is 0.347 e. The van der Waals surface area contributed by atoms with Crippen LogP contribution < -0.4 is 10.6 Å². The Labute approximate surface area is 164 Å². The summed E-state index contributed by atoms with van der Waals surface area (Å²) in [7, 11) is 0. The van der Waals surface area contributed by atoms with E-state index >= 15 is 0 Å². The number of thiophene rings is 1. The third kappa shape index (κ3) is 3.89. The van der Waals surface area contributed by atoms with Crippen molar-refractivity contribution in [3.63, 3.8) is 0 Å². The van der Waals surface area contributed by atoms with Gasteiger partial charge in [0.15, 0.2) is 11.5 Å². The Morgan fingerprint density at radius 3 is 2.64 bits per heavy atom. The lowest BCUT2D eigenvalue weighted by Gasteiger charge is -2.06. The van der Waals surface area contributed by atoms with E-state index in [0.29, 0.717) is 17.0 Å². The van der Waals surface area contributed by atoms with E-state index in [4.69, 9.17) is 0 Å². The molecule has 0 unspecified atom stereocenters. The highest BCUT2D eigenvalue weighted by molar-refractivity contribution is 7.08. The molecule has 140 valence electrons. The molecule has 0 aliphatic carbocycles. The summed E-state index contributed by atoms with van der Waals surface area (Å²) < 4.78 is 1.61. The lowest BCUT2D eigenvalue weighted by atomic mass is 10.2. The molecule has 0 aliphatic heterocycles. The minimum Gasteiger partial charge on any atom is -0.347 e. The number of benzene rings is 1. The second kappa shape index (κ2) is 7.97. The Hall–Kier alpha value is -3.59. The first-order valence-corrected chi connectivity index (χ1v) is 9.49. The second-order valence-electron chi connectivity index (χ2n) is 5.94. The average molecular weight is 392 g/mol. The highest BCUT2D eigenvalue weighted by Crippen LogP contribution is 2.20. The molecule has 0 spiro atoms. The molecule has 2 N–H and O–H groups in total. The second-order valence-corrected chi connectivity index (χ2v) is 6.72. The first-order valence-electron chi connectivity index (χ1n) is 8.54. The predicted octanol–water partition coefficient (Wildman–Crippen LogP) is 1.90. The van der Waals surface area contributed by atoms with E-state index in [1.807, 2.05) is 35.0 Å². The van der Waals surface area contributed by atoms with Crippen LogP contribution in [0, 0.1) is 0 Å². The van der Waals surface area contributed by atoms with Crippen LogP contribution in [0.15, 0.2) is 59.3 Å². The van der Waals surface area contributed by atoms with Crippen LogP contribution in [0.5, 0.6) is 0 Å². The van der Waals surface area contributed by atoms with E-state index in [-0.39, 0.29) is 24.9 Å². The number of fused-ring (bicyclic) bond motifs is 1. The van der Waals surface area contributed by atoms with Gasteiger partial charge >= 0.3 is 0 Å². The SMILES string of the molecule is O=C(CNC(=O)c1ccccc1)NCc1nnc2ccc(-c3ccsc3)nn12. The molecule has 2 amide bonds. The number of amides is 2. The summed E-state index contributed by atoms with van der Waals surface area (Å²) in [4.78, 5) is 24.0. The number of carbonyl (C=O) groups is 2. The molecule has 0 fully saturated rings. The zero-order chi connectivity index (χ0) is 19.3. The maximum absolute atomic E-state index is 12.1. The number of aromatic nitrogens is 4. The minimum atomic E-state index is -0.324. The highest BCUT2D eigenvalue weighted by Gasteiger charge is 2.11. The van der Waals surface area contributed by atoms with Gasteiger partial charge in [-0.1, -0.05) is 18.2 Å². The summed E-state index contributed by atoms with van der Waals surface area (Å²) in [6.07, 6.45) is 0. The fraction of sp³-hybridized carbons (Fsp3) is 0.105. The molecule has 4 rings (SSSR count). The van der Waals surface area contributed by atoms with Crippen molar-refractivity contribution >= 4 is 28.8 Å². The molecule has 28 heavy (non-hydrogen) atoms. The Kier molecular flexibility index (Phi) is 5.07. The molecule has 3 heterocycles. The van der Waals surface area contributed by atoms with E-state index in [2.05, 4.69) is 25.9 Å². The Morgan fingerprint density at radius 1 is 1.00 bits per heavy atom. The van der Waals surface area contributed by atoms with Gasteiger partial charge < -0.3 is 10.6 Å². The zero-order valence-electron chi connectivity index (χ0n) is 14.7. The number of rotatable bonds is 6. The quantitative estimate of drug-likeness (QED) is 0.522. The molecule has 4 aromatic rings. The van der Waals surface area contributed by atoms with Gasteiger partial charge in [-0.15, -0.1) is 10.2 Å². The van der Waals surface area contributed by atoms with Gasteiger partial charge in [-0.3, -0.25) is 9.59 Å². The topological polar surface area (TPSA) is 101 Å². The van der Waals surface area contributed by atoms with Crippen LogP contribution in [-0.4, -0.2) is 38.2 Å². The summed E-state index contributed by atoms with van der Waals surface area (Å²) in [5.41, 5.74) is 2.92. The van der Waals surface area contributed by atoms with E-state index in [9.17, 15) is 9.59 Å². The van der Waals surface area contributed by atoms with Gasteiger partial charge in [0.05, 0.1) is 18.8 Å². The maximum atomic E-state index is 12.1. The number of nitrogens with zero attached hydrogens (tertiary/aromatic N) is 4. The summed E-state index contributed by atoms with van der Waals surface area (Å²) in [6, 6.07) is 14.4. The van der Waals surface area contributed by atoms with Crippen molar-refractivity contribution in [2.45, 2.75) is 6.54 Å². The van der Waals surface area contributed by atoms with Crippen molar-refractivity contribution in [2.24, 2.45) is 0 Å². The standard InChI is InChI=1S/C19H16N6O2S/c26-18(11-21-19(27)13-4-2-1-3-5-13)20-10-17-23-22-16-7-6-15(24-25(16)17)14-8-9-28-12-14/h1-9,12H,10-11H2,(H,20,26)(H,21,27). The van der Waals surface area contributed by atoms with E-state index in [1.54, 1.807) is 40.1 Å². The van der Waals surface area contributed by atoms with Crippen LogP contribution in [0.3, 0.4) is 0 Å². The summed E-state index contributed by atoms with van der Waals surface area (Å²) in [5.74, 6) is -0.115. The van der Waals surface area contributed by atoms with Crippen LogP contribution in [-0.2, 0) is 11.3 Å². The number of hydrogen-bond acceptors (Lipinski definition) is 6. The van der Waals surface area contributed by atoms with Gasteiger partial charge in [-0.2, -0.15) is 21.0 Å². The van der Waals surface area contributed by atoms with E-state index < -0.39 is 0 Å². The normalized spacial score (nSPS) is 10.7. The molecule has 0 saturated heterocycles. The third-order valence-corrected chi connectivity index (χ3v) is 4.72. The van der Waals surface area contributed by atoms with E-state index in [0.717, 1.165) is 11.3 Å². The molecule has 0 aliphatic rings. The fourth-order valence-electron chi connectivity index (χ4n) is 2.60. The van der Waals surface area contributed by atoms with Crippen LogP contribution in [0.1, 0.15) is 16.2 Å². The van der Waals surface area contributed by atoms with Crippen LogP contribution >= 0.6 is 11.3 Å². The lowest BCUT2D eigenvalue weighted by Crippen LogP contribution is -2.36. The maximum Gasteiger partial charge on any atom is 0.251 e. The Balaban J connectivity index is 1.38. The molecule has 0 atom stereocenters. The fourth-order valence-corrected chi connectivity index (χ4v) is 3.25. The van der Waals surface area contributed by atoms with Crippen molar-refractivity contribution in [3.8, 4) is 11.3 Å². The summed E-state index contributed by atoms with van der Waals surface area (Å²) >= 11 is 1.59. The molecule has 0 radical (unpaired) electrons. The van der Waals surface area contributed by atoms with Gasteiger partial charge in [0.1, 0.15) is 0 Å². The summed E-state index contributed by atoms with van der Waals surface area (Å²) in [6.45, 7) is 0.0271. The van der Waals surface area contributed by atoms with Crippen molar-refractivity contribution in [1.29, 1.82) is 0 Å². The Morgan fingerprint density at radius 2 is 1.86 bits per heavy atom. The number of hydrogen-bond donors (Lipinski definition) is 2. The van der Waals surface area contributed by atoms with Crippen molar-refractivity contribution < 1.29 is 9.59 Å². The van der Waals surface area contributed by atoms with Gasteiger partial charge in [0.2, 0.25) is 5.91 Å². The van der Waals surface area contributed by atoms with Gasteiger partial charge in [0.25, 0.3) is 5.91 Å². The lowest BCUT2D eigenvalue weighted by molar-refractivity contribution is -0.120. The first kappa shape index (κ1) is 17.8. The Bertz CT molecular complexity index is 1110. The molecule has 0 bridgehead atoms. The minimum absolute atomic E-state index is 0.127. The highest BCUT2D eigenvalue weighted by atomic mass is 32.1. The first-order chi connectivity index (χ1) is 13.7. The van der Waals surface area contributed by atoms with Crippen LogP contribution in [0.25, 0.3) is 16.9 Å². The summed E-state index contributed by atoms with van der Waals surface area (Å²) in [5, 5.41) is 22.0. The molecule has 1 aromatic carbocycles. The molecule has 9 heteroatoms. The van der Waals surface area contributed by atoms with Crippen molar-refractivity contribution in [1.82, 2.24) is 30.4 Å². The van der Waals surface area contributed by atoms with Crippen LogP contribution in [0.2, 0.25) is 0 Å². The van der Waals surface area contributed by atoms with Gasteiger partial charge in [-0.05, 0) is 35.7 Å². The van der Waals surface area contributed by atoms with E-state index in [1.165, 1.54) is 0 Å². The van der Waals surface area contributed by atoms with Gasteiger partial charge in [-0.25, -0.2) is 0 Å². The van der Waals surface area contributed by atoms with Crippen LogP contribution in [0.4, 0.5) is 0 Å². The van der Waals surface area contributed by atoms with Crippen molar-refractivity contribution in [3.05, 3.63) is 70.7 Å². The molecule has 3 aromatic heterocycles. The zero-order valence-corrected chi connectivity index (χ0v) is 15.5. The number of carbonyl (C=O) groups excluding carboxylic acids is 2. The average Bonchev–Trinajstić information content (AvgIpc) is 3.40. The molecular weight excluding hydrogens is 376 g/mol.